The number of non-ortho nitro benzene ring substituents is 1. The lowest BCUT2D eigenvalue weighted by Crippen LogP contribution is -2.46. The molecule has 0 unspecified atom stereocenters. The summed E-state index contributed by atoms with van der Waals surface area (Å²) < 4.78 is 0. The Morgan fingerprint density at radius 1 is 1.03 bits per heavy atom. The number of anilines is 1. The molecular weight excluding hydrogens is 388 g/mol. The van der Waals surface area contributed by atoms with Crippen molar-refractivity contribution < 1.29 is 19.3 Å². The molecule has 0 saturated carbocycles. The maximum atomic E-state index is 13.4. The lowest BCUT2D eigenvalue weighted by atomic mass is 9.84. The van der Waals surface area contributed by atoms with Crippen LogP contribution < -0.4 is 10.6 Å². The Morgan fingerprint density at radius 2 is 1.77 bits per heavy atom. The van der Waals surface area contributed by atoms with Gasteiger partial charge in [0.1, 0.15) is 6.04 Å². The first-order valence-corrected chi connectivity index (χ1v) is 9.36. The molecular formula is C21H16N4O5. The molecule has 4 atom stereocenters. The van der Waals surface area contributed by atoms with Crippen LogP contribution in [0, 0.1) is 22.0 Å². The number of benzene rings is 2. The molecule has 3 heterocycles. The van der Waals surface area contributed by atoms with Crippen molar-refractivity contribution in [1.29, 1.82) is 0 Å². The van der Waals surface area contributed by atoms with Crippen LogP contribution in [-0.2, 0) is 14.4 Å². The minimum absolute atomic E-state index is 0.114. The van der Waals surface area contributed by atoms with Crippen LogP contribution >= 0.6 is 0 Å². The average molecular weight is 404 g/mol. The van der Waals surface area contributed by atoms with Crippen molar-refractivity contribution in [3.05, 3.63) is 76.0 Å². The number of rotatable bonds is 3. The number of imide groups is 1. The number of nitro benzene ring substituents is 1. The van der Waals surface area contributed by atoms with Crippen LogP contribution in [0.3, 0.4) is 0 Å². The van der Waals surface area contributed by atoms with E-state index in [1.807, 2.05) is 30.3 Å². The highest BCUT2D eigenvalue weighted by molar-refractivity contribution is 6.24. The van der Waals surface area contributed by atoms with Gasteiger partial charge in [-0.3, -0.25) is 24.5 Å². The summed E-state index contributed by atoms with van der Waals surface area (Å²) in [7, 11) is 0. The van der Waals surface area contributed by atoms with Gasteiger partial charge in [0.25, 0.3) is 5.69 Å². The predicted octanol–water partition coefficient (Wildman–Crippen LogP) is 1.60. The summed E-state index contributed by atoms with van der Waals surface area (Å²) in [6.45, 7) is 0. The zero-order chi connectivity index (χ0) is 21.2. The third-order valence-corrected chi connectivity index (χ3v) is 6.05. The zero-order valence-corrected chi connectivity index (χ0v) is 15.5. The Balaban J connectivity index is 1.64. The molecule has 9 heteroatoms. The van der Waals surface area contributed by atoms with E-state index in [0.717, 1.165) is 16.0 Å². The standard InChI is InChI=1S/C21H16N4O5/c22-19(26)18-16-15(17-14-7-2-1-4-11(14)8-9-23(17)18)20(27)24(21(16)28)12-5-3-6-13(10-12)25(29)30/h1-10,15-18H,(H2,22,26)/t15-,16-,17-,18+/m0/s1. The van der Waals surface area contributed by atoms with Gasteiger partial charge in [-0.25, -0.2) is 4.90 Å². The summed E-state index contributed by atoms with van der Waals surface area (Å²) >= 11 is 0. The molecule has 2 aromatic rings. The molecule has 2 aromatic carbocycles. The molecule has 150 valence electrons. The first-order valence-electron chi connectivity index (χ1n) is 9.36. The topological polar surface area (TPSA) is 127 Å². The number of amides is 3. The number of primary amides is 1. The van der Waals surface area contributed by atoms with E-state index in [1.54, 1.807) is 11.1 Å². The summed E-state index contributed by atoms with van der Waals surface area (Å²) in [5, 5.41) is 11.1. The number of nitrogens with zero attached hydrogens (tertiary/aromatic N) is 3. The lowest BCUT2D eigenvalue weighted by Gasteiger charge is -2.34. The van der Waals surface area contributed by atoms with Gasteiger partial charge in [0.2, 0.25) is 17.7 Å². The minimum Gasteiger partial charge on any atom is -0.368 e. The summed E-state index contributed by atoms with van der Waals surface area (Å²) in [5.41, 5.74) is 7.27. The first-order chi connectivity index (χ1) is 14.4. The monoisotopic (exact) mass is 404 g/mol. The van der Waals surface area contributed by atoms with E-state index in [2.05, 4.69) is 0 Å². The summed E-state index contributed by atoms with van der Waals surface area (Å²) in [5.74, 6) is -3.54. The van der Waals surface area contributed by atoms with E-state index in [4.69, 9.17) is 5.73 Å². The van der Waals surface area contributed by atoms with Gasteiger partial charge in [-0.05, 0) is 23.3 Å². The summed E-state index contributed by atoms with van der Waals surface area (Å²) in [6.07, 6.45) is 3.54. The molecule has 30 heavy (non-hydrogen) atoms. The van der Waals surface area contributed by atoms with Crippen LogP contribution in [0.2, 0.25) is 0 Å². The normalized spacial score (nSPS) is 26.4. The van der Waals surface area contributed by atoms with Gasteiger partial charge in [0.05, 0.1) is 28.5 Å². The fraction of sp³-hybridized carbons (Fsp3) is 0.190. The van der Waals surface area contributed by atoms with Gasteiger partial charge in [0.15, 0.2) is 0 Å². The number of hydrogen-bond acceptors (Lipinski definition) is 6. The molecule has 0 bridgehead atoms. The molecule has 3 aliphatic rings. The van der Waals surface area contributed by atoms with Crippen molar-refractivity contribution in [2.45, 2.75) is 12.1 Å². The van der Waals surface area contributed by atoms with Crippen LogP contribution in [0.1, 0.15) is 17.2 Å². The molecule has 2 fully saturated rings. The molecule has 2 saturated heterocycles. The Morgan fingerprint density at radius 3 is 2.50 bits per heavy atom. The molecule has 0 aliphatic carbocycles. The second-order valence-electron chi connectivity index (χ2n) is 7.52. The largest absolute Gasteiger partial charge is 0.368 e. The van der Waals surface area contributed by atoms with E-state index < -0.39 is 46.6 Å². The highest BCUT2D eigenvalue weighted by Gasteiger charge is 2.64. The van der Waals surface area contributed by atoms with Crippen molar-refractivity contribution in [2.24, 2.45) is 17.6 Å². The van der Waals surface area contributed by atoms with Crippen molar-refractivity contribution >= 4 is 35.2 Å². The Kier molecular flexibility index (Phi) is 3.76. The highest BCUT2D eigenvalue weighted by Crippen LogP contribution is 2.53. The number of carbonyl (C=O) groups excluding carboxylic acids is 3. The quantitative estimate of drug-likeness (QED) is 0.470. The van der Waals surface area contributed by atoms with Crippen LogP contribution in [0.15, 0.2) is 54.7 Å². The van der Waals surface area contributed by atoms with Gasteiger partial charge < -0.3 is 10.6 Å². The van der Waals surface area contributed by atoms with Gasteiger partial charge in [-0.1, -0.05) is 30.3 Å². The van der Waals surface area contributed by atoms with E-state index in [-0.39, 0.29) is 11.4 Å². The van der Waals surface area contributed by atoms with E-state index >= 15 is 0 Å². The fourth-order valence-corrected chi connectivity index (χ4v) is 4.88. The molecule has 0 aromatic heterocycles. The zero-order valence-electron chi connectivity index (χ0n) is 15.5. The average Bonchev–Trinajstić information content (AvgIpc) is 3.21. The molecule has 0 radical (unpaired) electrons. The molecule has 2 N–H and O–H groups in total. The number of fused-ring (bicyclic) bond motifs is 5. The smallest absolute Gasteiger partial charge is 0.271 e. The SMILES string of the molecule is NC(=O)[C@H]1[C@H]2C(=O)N(c3cccc([N+](=O)[O-])c3)C(=O)[C@@H]2[C@@H]2c3ccccc3C=CN12. The van der Waals surface area contributed by atoms with Gasteiger partial charge in [-0.15, -0.1) is 0 Å². The van der Waals surface area contributed by atoms with Gasteiger partial charge in [0, 0.05) is 18.3 Å². The molecule has 3 amide bonds. The fourth-order valence-electron chi connectivity index (χ4n) is 4.88. The predicted molar refractivity (Wildman–Crippen MR) is 106 cm³/mol. The summed E-state index contributed by atoms with van der Waals surface area (Å²) in [6, 6.07) is 11.3. The van der Waals surface area contributed by atoms with E-state index in [0.29, 0.717) is 0 Å². The van der Waals surface area contributed by atoms with Crippen LogP contribution in [0.25, 0.3) is 6.08 Å². The maximum absolute atomic E-state index is 13.4. The molecule has 9 nitrogen and oxygen atoms in total. The number of hydrogen-bond donors (Lipinski definition) is 1. The van der Waals surface area contributed by atoms with Crippen LogP contribution in [0.5, 0.6) is 0 Å². The van der Waals surface area contributed by atoms with Crippen molar-refractivity contribution in [1.82, 2.24) is 4.90 Å². The second kappa shape index (κ2) is 6.24. The van der Waals surface area contributed by atoms with Gasteiger partial charge >= 0.3 is 0 Å². The van der Waals surface area contributed by atoms with Gasteiger partial charge in [-0.2, -0.15) is 0 Å². The first kappa shape index (κ1) is 18.0. The van der Waals surface area contributed by atoms with E-state index in [9.17, 15) is 24.5 Å². The second-order valence-corrected chi connectivity index (χ2v) is 7.52. The third kappa shape index (κ3) is 2.32. The molecule has 3 aliphatic heterocycles. The van der Waals surface area contributed by atoms with Crippen molar-refractivity contribution in [3.8, 4) is 0 Å². The molecule has 5 rings (SSSR count). The number of nitrogens with two attached hydrogens (primary N) is 1. The highest BCUT2D eigenvalue weighted by atomic mass is 16.6. The molecule has 0 spiro atoms. The number of nitro groups is 1. The van der Waals surface area contributed by atoms with Crippen LogP contribution in [0.4, 0.5) is 11.4 Å². The Bertz CT molecular complexity index is 1160. The summed E-state index contributed by atoms with van der Waals surface area (Å²) in [4.78, 5) is 52.3. The Hall–Kier alpha value is -4.01. The van der Waals surface area contributed by atoms with Crippen molar-refractivity contribution in [3.63, 3.8) is 0 Å². The number of carbonyl (C=O) groups is 3. The Labute approximate surface area is 170 Å². The third-order valence-electron chi connectivity index (χ3n) is 6.05. The minimum atomic E-state index is -0.982. The van der Waals surface area contributed by atoms with E-state index in [1.165, 1.54) is 24.3 Å². The maximum Gasteiger partial charge on any atom is 0.271 e. The van der Waals surface area contributed by atoms with Crippen LogP contribution in [-0.4, -0.2) is 33.6 Å². The van der Waals surface area contributed by atoms with Crippen molar-refractivity contribution in [2.75, 3.05) is 4.90 Å². The lowest BCUT2D eigenvalue weighted by molar-refractivity contribution is -0.384.